The molecule has 0 spiro atoms. The number of rotatable bonds is 3. The SMILES string of the molecule is C1=Cc2c(c3cc(-c4ccc5[nH]c6ccccc6c5c4)cc4c5ccccc5n2c34)CC1.C1=NC(c2cccc(-c3ccccc3)c2)c2ccc3ccccc3c2N1.CC. The summed E-state index contributed by atoms with van der Waals surface area (Å²) in [6, 6.07) is 61.1. The van der Waals surface area contributed by atoms with Crippen molar-refractivity contribution in [3.63, 3.8) is 0 Å². The number of nitrogens with one attached hydrogen (secondary N) is 2. The zero-order valence-corrected chi connectivity index (χ0v) is 33.8. The molecule has 8 aromatic carbocycles. The van der Waals surface area contributed by atoms with Crippen molar-refractivity contribution in [3.8, 4) is 22.3 Å². The zero-order valence-electron chi connectivity index (χ0n) is 33.8. The highest BCUT2D eigenvalue weighted by atomic mass is 15.0. The van der Waals surface area contributed by atoms with Gasteiger partial charge >= 0.3 is 0 Å². The van der Waals surface area contributed by atoms with Gasteiger partial charge in [-0.25, -0.2) is 0 Å². The van der Waals surface area contributed by atoms with Crippen molar-refractivity contribution >= 4 is 77.9 Å². The van der Waals surface area contributed by atoms with Gasteiger partial charge in [-0.2, -0.15) is 0 Å². The number of H-pyrrole nitrogens is 1. The van der Waals surface area contributed by atoms with Crippen LogP contribution in [-0.2, 0) is 6.42 Å². The van der Waals surface area contributed by atoms with Crippen molar-refractivity contribution in [3.05, 3.63) is 198 Å². The summed E-state index contributed by atoms with van der Waals surface area (Å²) < 4.78 is 2.48. The lowest BCUT2D eigenvalue weighted by molar-refractivity contribution is 0.873. The van der Waals surface area contributed by atoms with Gasteiger partial charge in [-0.15, -0.1) is 0 Å². The van der Waals surface area contributed by atoms with Crippen LogP contribution in [0, 0.1) is 0 Å². The molecule has 0 bridgehead atoms. The molecule has 1 atom stereocenters. The number of nitrogens with zero attached hydrogens (tertiary/aromatic N) is 2. The van der Waals surface area contributed by atoms with Crippen molar-refractivity contribution in [1.82, 2.24) is 9.38 Å². The van der Waals surface area contributed by atoms with E-state index in [4.69, 9.17) is 4.99 Å². The van der Waals surface area contributed by atoms with Gasteiger partial charge in [0.2, 0.25) is 0 Å². The minimum Gasteiger partial charge on any atom is -0.355 e. The van der Waals surface area contributed by atoms with Crippen LogP contribution in [0.1, 0.15) is 48.7 Å². The van der Waals surface area contributed by atoms with Crippen molar-refractivity contribution in [2.24, 2.45) is 4.99 Å². The molecule has 2 aliphatic rings. The number of aromatic amines is 1. The third-order valence-electron chi connectivity index (χ3n) is 12.3. The van der Waals surface area contributed by atoms with E-state index in [-0.39, 0.29) is 6.04 Å². The Labute approximate surface area is 349 Å². The maximum atomic E-state index is 4.75. The van der Waals surface area contributed by atoms with Gasteiger partial charge in [-0.3, -0.25) is 4.99 Å². The molecule has 4 nitrogen and oxygen atoms in total. The molecular formula is C56H44N4. The van der Waals surface area contributed by atoms with Gasteiger partial charge in [0.1, 0.15) is 6.04 Å². The Balaban J connectivity index is 0.000000134. The maximum Gasteiger partial charge on any atom is 0.104 e. The predicted molar refractivity (Wildman–Crippen MR) is 257 cm³/mol. The van der Waals surface area contributed by atoms with Crippen LogP contribution in [-0.4, -0.2) is 15.7 Å². The molecule has 2 N–H and O–H groups in total. The van der Waals surface area contributed by atoms with Crippen LogP contribution in [0.3, 0.4) is 0 Å². The molecule has 1 aliphatic heterocycles. The van der Waals surface area contributed by atoms with Gasteiger partial charge in [-0.05, 0) is 100 Å². The van der Waals surface area contributed by atoms with Crippen molar-refractivity contribution < 1.29 is 0 Å². The summed E-state index contributed by atoms with van der Waals surface area (Å²) in [6.45, 7) is 4.00. The molecule has 0 amide bonds. The molecule has 288 valence electrons. The minimum atomic E-state index is 0.0134. The van der Waals surface area contributed by atoms with E-state index in [0.29, 0.717) is 0 Å². The Bertz CT molecular complexity index is 3440. The van der Waals surface area contributed by atoms with Crippen LogP contribution >= 0.6 is 0 Å². The molecule has 3 aromatic heterocycles. The molecular weight excluding hydrogens is 729 g/mol. The summed E-state index contributed by atoms with van der Waals surface area (Å²) in [5, 5.41) is 12.5. The summed E-state index contributed by atoms with van der Waals surface area (Å²) >= 11 is 0. The van der Waals surface area contributed by atoms with E-state index in [1.807, 2.05) is 26.3 Å². The molecule has 0 saturated heterocycles. The molecule has 1 unspecified atom stereocenters. The molecule has 11 aromatic rings. The Morgan fingerprint density at radius 3 is 2.17 bits per heavy atom. The molecule has 13 rings (SSSR count). The van der Waals surface area contributed by atoms with E-state index in [9.17, 15) is 0 Å². The third kappa shape index (κ3) is 5.78. The number of allylic oxidation sites excluding steroid dienone is 1. The first kappa shape index (κ1) is 35.7. The lowest BCUT2D eigenvalue weighted by Crippen LogP contribution is -2.11. The van der Waals surface area contributed by atoms with Crippen LogP contribution in [0.25, 0.3) is 88.1 Å². The molecule has 0 radical (unpaired) electrons. The van der Waals surface area contributed by atoms with Gasteiger partial charge in [0.15, 0.2) is 0 Å². The maximum absolute atomic E-state index is 4.75. The molecule has 4 heterocycles. The number of para-hydroxylation sites is 2. The number of anilines is 1. The number of aromatic nitrogens is 2. The lowest BCUT2D eigenvalue weighted by Gasteiger charge is -2.23. The van der Waals surface area contributed by atoms with Crippen LogP contribution < -0.4 is 5.32 Å². The van der Waals surface area contributed by atoms with E-state index >= 15 is 0 Å². The molecule has 0 fully saturated rings. The quantitative estimate of drug-likeness (QED) is 0.185. The predicted octanol–water partition coefficient (Wildman–Crippen LogP) is 15.0. The number of fused-ring (bicyclic) bond motifs is 12. The first-order valence-corrected chi connectivity index (χ1v) is 21.2. The Hall–Kier alpha value is -7.43. The van der Waals surface area contributed by atoms with Crippen molar-refractivity contribution in [2.45, 2.75) is 32.7 Å². The Morgan fingerprint density at radius 1 is 0.550 bits per heavy atom. The Morgan fingerprint density at radius 2 is 1.27 bits per heavy atom. The molecule has 4 heteroatoms. The average molecular weight is 773 g/mol. The highest BCUT2D eigenvalue weighted by molar-refractivity contribution is 6.18. The summed E-state index contributed by atoms with van der Waals surface area (Å²) in [5.41, 5.74) is 16.5. The lowest BCUT2D eigenvalue weighted by atomic mass is 9.92. The molecule has 60 heavy (non-hydrogen) atoms. The van der Waals surface area contributed by atoms with Crippen LogP contribution in [0.15, 0.2) is 181 Å². The van der Waals surface area contributed by atoms with Gasteiger partial charge in [0.25, 0.3) is 0 Å². The summed E-state index contributed by atoms with van der Waals surface area (Å²) in [7, 11) is 0. The van der Waals surface area contributed by atoms with E-state index in [2.05, 4.69) is 191 Å². The molecule has 0 saturated carbocycles. The van der Waals surface area contributed by atoms with Crippen LogP contribution in [0.2, 0.25) is 0 Å². The third-order valence-corrected chi connectivity index (χ3v) is 12.3. The number of aliphatic imine (C=N–C) groups is 1. The summed E-state index contributed by atoms with van der Waals surface area (Å²) in [5.74, 6) is 0. The largest absolute Gasteiger partial charge is 0.355 e. The van der Waals surface area contributed by atoms with Gasteiger partial charge in [-0.1, -0.05) is 147 Å². The van der Waals surface area contributed by atoms with E-state index in [0.717, 1.165) is 18.5 Å². The first-order valence-electron chi connectivity index (χ1n) is 21.2. The number of aryl methyl sites for hydroxylation is 1. The fraction of sp³-hybridized carbons (Fsp3) is 0.0893. The standard InChI is InChI=1S/C30H20N2.C24H18N2.C2H6/c1-4-10-26-20(7-1)23-15-18(13-14-27(23)31-26)19-16-24-21-8-2-5-11-28(21)32-29-12-6-3-9-22(29)25(17-19)30(24)32;1-2-7-17(8-3-1)19-10-6-11-20(15-19)23-22-14-13-18-9-4-5-12-21(18)24(22)26-16-25-23;1-2/h1-2,4-8,10-17,31H,3,9H2;1-16,23H,(H,25,26);1-2H3. The topological polar surface area (TPSA) is 44.6 Å². The van der Waals surface area contributed by atoms with Crippen LogP contribution in [0.5, 0.6) is 0 Å². The summed E-state index contributed by atoms with van der Waals surface area (Å²) in [4.78, 5) is 8.30. The van der Waals surface area contributed by atoms with Crippen molar-refractivity contribution in [2.75, 3.05) is 5.32 Å². The van der Waals surface area contributed by atoms with E-state index in [1.54, 1.807) is 0 Å². The van der Waals surface area contributed by atoms with Gasteiger partial charge in [0.05, 0.1) is 23.1 Å². The number of hydrogen-bond donors (Lipinski definition) is 2. The zero-order chi connectivity index (χ0) is 40.2. The van der Waals surface area contributed by atoms with Gasteiger partial charge < -0.3 is 14.7 Å². The second-order valence-electron chi connectivity index (χ2n) is 15.6. The fourth-order valence-corrected chi connectivity index (χ4v) is 9.62. The first-order chi connectivity index (χ1) is 29.8. The Kier molecular flexibility index (Phi) is 8.78. The second-order valence-corrected chi connectivity index (χ2v) is 15.6. The number of hydrogen-bond acceptors (Lipinski definition) is 2. The monoisotopic (exact) mass is 772 g/mol. The smallest absolute Gasteiger partial charge is 0.104 e. The van der Waals surface area contributed by atoms with Gasteiger partial charge in [0, 0.05) is 54.6 Å². The number of benzene rings is 8. The average Bonchev–Trinajstić information content (AvgIpc) is 3.99. The normalized spacial score (nSPS) is 14.2. The van der Waals surface area contributed by atoms with E-state index in [1.165, 1.54) is 104 Å². The van der Waals surface area contributed by atoms with E-state index < -0.39 is 0 Å². The fourth-order valence-electron chi connectivity index (χ4n) is 9.62. The van der Waals surface area contributed by atoms with Crippen molar-refractivity contribution in [1.29, 1.82) is 0 Å². The minimum absolute atomic E-state index is 0.0134. The molecule has 1 aliphatic carbocycles. The highest BCUT2D eigenvalue weighted by Crippen LogP contribution is 2.43. The highest BCUT2D eigenvalue weighted by Gasteiger charge is 2.23. The van der Waals surface area contributed by atoms with Crippen LogP contribution in [0.4, 0.5) is 5.69 Å². The second kappa shape index (κ2) is 14.7. The summed E-state index contributed by atoms with van der Waals surface area (Å²) in [6.07, 6.45) is 8.70.